The lowest BCUT2D eigenvalue weighted by molar-refractivity contribution is -0.283. The summed E-state index contributed by atoms with van der Waals surface area (Å²) < 4.78 is 6.83. The first kappa shape index (κ1) is 15.5. The Labute approximate surface area is 155 Å². The van der Waals surface area contributed by atoms with E-state index in [0.29, 0.717) is 23.5 Å². The standard InChI is InChI=1S/C22H31NO3/c1-12-13-8-15-20-5-3-4-19(2)11-23-6-7-26-22(20,23)16(9-13)21(15,18(12)25)17(24)10-14(19)20/h12-17,24H,3-11H2,1-2H3/t12-,13?,14+,15?,16?,17-,19-,20?,21-,22-/m0/s1. The van der Waals surface area contributed by atoms with Crippen LogP contribution in [0, 0.1) is 45.8 Å². The summed E-state index contributed by atoms with van der Waals surface area (Å²) in [6.07, 6.45) is 6.41. The number of carbonyl (C=O) groups excluding carboxylic acids is 1. The van der Waals surface area contributed by atoms with Crippen LogP contribution in [0.2, 0.25) is 0 Å². The summed E-state index contributed by atoms with van der Waals surface area (Å²) in [4.78, 5) is 16.5. The van der Waals surface area contributed by atoms with Gasteiger partial charge in [0.15, 0.2) is 0 Å². The number of nitrogens with zero attached hydrogens (tertiary/aromatic N) is 1. The van der Waals surface area contributed by atoms with Crippen LogP contribution in [-0.2, 0) is 9.53 Å². The molecule has 0 aromatic rings. The van der Waals surface area contributed by atoms with Crippen molar-refractivity contribution in [2.24, 2.45) is 45.8 Å². The number of ketones is 1. The highest BCUT2D eigenvalue weighted by Crippen LogP contribution is 2.85. The number of hydrogen-bond donors (Lipinski definition) is 1. The van der Waals surface area contributed by atoms with Gasteiger partial charge in [0.2, 0.25) is 0 Å². The molecule has 8 aliphatic rings. The molecule has 2 heterocycles. The minimum absolute atomic E-state index is 0.114. The number of hydrogen-bond acceptors (Lipinski definition) is 4. The molecule has 2 aliphatic heterocycles. The fourth-order valence-electron chi connectivity index (χ4n) is 10.7. The van der Waals surface area contributed by atoms with Gasteiger partial charge >= 0.3 is 0 Å². The van der Waals surface area contributed by atoms with Crippen molar-refractivity contribution in [1.82, 2.24) is 4.90 Å². The monoisotopic (exact) mass is 357 g/mol. The van der Waals surface area contributed by atoms with Gasteiger partial charge in [0, 0.05) is 30.3 Å². The molecular formula is C22H31NO3. The van der Waals surface area contributed by atoms with Crippen LogP contribution >= 0.6 is 0 Å². The number of carbonyl (C=O) groups is 1. The van der Waals surface area contributed by atoms with Gasteiger partial charge in [-0.15, -0.1) is 0 Å². The number of Topliss-reactive ketones (excluding diaryl/α,β-unsaturated/α-hetero) is 1. The Balaban J connectivity index is 1.58. The molecule has 26 heavy (non-hydrogen) atoms. The van der Waals surface area contributed by atoms with E-state index in [0.717, 1.165) is 39.0 Å². The van der Waals surface area contributed by atoms with Crippen molar-refractivity contribution in [2.75, 3.05) is 19.7 Å². The molecule has 0 aromatic heterocycles. The molecule has 0 amide bonds. The smallest absolute Gasteiger partial charge is 0.145 e. The molecule has 4 nitrogen and oxygen atoms in total. The van der Waals surface area contributed by atoms with Gasteiger partial charge in [-0.1, -0.05) is 20.3 Å². The number of piperidine rings is 1. The molecular weight excluding hydrogens is 326 g/mol. The molecule has 1 N–H and O–H groups in total. The van der Waals surface area contributed by atoms with E-state index in [4.69, 9.17) is 4.74 Å². The summed E-state index contributed by atoms with van der Waals surface area (Å²) in [5, 5.41) is 11.6. The fourth-order valence-corrected chi connectivity index (χ4v) is 10.7. The van der Waals surface area contributed by atoms with Gasteiger partial charge in [0.1, 0.15) is 11.5 Å². The van der Waals surface area contributed by atoms with Crippen molar-refractivity contribution in [3.05, 3.63) is 0 Å². The zero-order valence-electron chi connectivity index (χ0n) is 16.0. The molecule has 2 saturated heterocycles. The Morgan fingerprint density at radius 1 is 1.15 bits per heavy atom. The van der Waals surface area contributed by atoms with Crippen molar-refractivity contribution in [2.45, 2.75) is 64.2 Å². The first-order chi connectivity index (χ1) is 12.4. The molecule has 142 valence electrons. The van der Waals surface area contributed by atoms with Crippen LogP contribution < -0.4 is 0 Å². The van der Waals surface area contributed by atoms with E-state index in [9.17, 15) is 9.90 Å². The fraction of sp³-hybridized carbons (Fsp3) is 0.955. The van der Waals surface area contributed by atoms with E-state index in [1.54, 1.807) is 0 Å². The summed E-state index contributed by atoms with van der Waals surface area (Å²) >= 11 is 0. The molecule has 8 rings (SSSR count). The quantitative estimate of drug-likeness (QED) is 0.723. The van der Waals surface area contributed by atoms with Crippen LogP contribution in [0.15, 0.2) is 0 Å². The van der Waals surface area contributed by atoms with E-state index in [2.05, 4.69) is 18.7 Å². The SMILES string of the molecule is C[C@@H]1C(=O)[C@@]23C4CC1CC2[C@@]12OCCN1C[C@]1(C)CCCC42[C@@H]1C[C@@H]3O. The summed E-state index contributed by atoms with van der Waals surface area (Å²) in [5.74, 6) is 2.16. The molecule has 8 fully saturated rings. The second kappa shape index (κ2) is 4.11. The number of fused-ring (bicyclic) bond motifs is 1. The van der Waals surface area contributed by atoms with E-state index in [1.165, 1.54) is 19.3 Å². The van der Waals surface area contributed by atoms with Crippen molar-refractivity contribution in [1.29, 1.82) is 0 Å². The molecule has 4 heteroatoms. The Kier molecular flexibility index (Phi) is 2.45. The van der Waals surface area contributed by atoms with E-state index in [1.807, 2.05) is 0 Å². The average molecular weight is 357 g/mol. The zero-order chi connectivity index (χ0) is 17.7. The first-order valence-electron chi connectivity index (χ1n) is 11.0. The van der Waals surface area contributed by atoms with Gasteiger partial charge in [0.25, 0.3) is 0 Å². The summed E-state index contributed by atoms with van der Waals surface area (Å²) in [6.45, 7) is 7.57. The normalized spacial score (nSPS) is 67.6. The second-order valence-corrected chi connectivity index (χ2v) is 11.2. The summed E-state index contributed by atoms with van der Waals surface area (Å²) in [5.41, 5.74) is -0.354. The number of aliphatic hydroxyl groups is 1. The molecule has 4 unspecified atom stereocenters. The summed E-state index contributed by atoms with van der Waals surface area (Å²) in [6, 6.07) is 0. The van der Waals surface area contributed by atoms with E-state index < -0.39 is 11.5 Å². The van der Waals surface area contributed by atoms with Crippen molar-refractivity contribution < 1.29 is 14.6 Å². The lowest BCUT2D eigenvalue weighted by atomic mass is 9.38. The maximum absolute atomic E-state index is 13.8. The average Bonchev–Trinajstić information content (AvgIpc) is 3.04. The third kappa shape index (κ3) is 1.14. The van der Waals surface area contributed by atoms with Gasteiger partial charge in [-0.05, 0) is 55.3 Å². The van der Waals surface area contributed by atoms with Crippen LogP contribution in [0.25, 0.3) is 0 Å². The first-order valence-corrected chi connectivity index (χ1v) is 11.0. The van der Waals surface area contributed by atoms with Gasteiger partial charge in [-0.2, -0.15) is 0 Å². The Bertz CT molecular complexity index is 739. The van der Waals surface area contributed by atoms with Gasteiger partial charge in [-0.3, -0.25) is 9.69 Å². The van der Waals surface area contributed by atoms with Crippen molar-refractivity contribution in [3.8, 4) is 0 Å². The number of rotatable bonds is 0. The van der Waals surface area contributed by atoms with Crippen LogP contribution in [0.5, 0.6) is 0 Å². The highest BCUT2D eigenvalue weighted by Gasteiger charge is 2.90. The highest BCUT2D eigenvalue weighted by molar-refractivity contribution is 5.91. The molecule has 6 saturated carbocycles. The molecule has 10 atom stereocenters. The van der Waals surface area contributed by atoms with Crippen LogP contribution in [0.4, 0.5) is 0 Å². The second-order valence-electron chi connectivity index (χ2n) is 11.2. The largest absolute Gasteiger partial charge is 0.392 e. The maximum Gasteiger partial charge on any atom is 0.145 e. The van der Waals surface area contributed by atoms with E-state index in [-0.39, 0.29) is 28.4 Å². The van der Waals surface area contributed by atoms with Gasteiger partial charge in [0.05, 0.1) is 18.1 Å². The van der Waals surface area contributed by atoms with Crippen LogP contribution in [-0.4, -0.2) is 47.3 Å². The molecule has 0 aromatic carbocycles. The van der Waals surface area contributed by atoms with Crippen molar-refractivity contribution in [3.63, 3.8) is 0 Å². The lowest BCUT2D eigenvalue weighted by Gasteiger charge is -2.69. The molecule has 3 spiro atoms. The van der Waals surface area contributed by atoms with Crippen LogP contribution in [0.1, 0.15) is 52.4 Å². The molecule has 6 aliphatic carbocycles. The number of ether oxygens (including phenoxy) is 1. The minimum atomic E-state index is -0.504. The third-order valence-electron chi connectivity index (χ3n) is 11.1. The zero-order valence-corrected chi connectivity index (χ0v) is 16.0. The lowest BCUT2D eigenvalue weighted by Crippen LogP contribution is -2.72. The topological polar surface area (TPSA) is 49.8 Å². The van der Waals surface area contributed by atoms with Crippen LogP contribution in [0.3, 0.4) is 0 Å². The minimum Gasteiger partial charge on any atom is -0.392 e. The summed E-state index contributed by atoms with van der Waals surface area (Å²) in [7, 11) is 0. The maximum atomic E-state index is 13.8. The highest BCUT2D eigenvalue weighted by atomic mass is 16.5. The third-order valence-corrected chi connectivity index (χ3v) is 11.1. The predicted molar refractivity (Wildman–Crippen MR) is 95.1 cm³/mol. The van der Waals surface area contributed by atoms with Crippen molar-refractivity contribution >= 4 is 5.78 Å². The Hall–Kier alpha value is -0.450. The van der Waals surface area contributed by atoms with Gasteiger partial charge < -0.3 is 9.84 Å². The molecule has 6 bridgehead atoms. The Morgan fingerprint density at radius 3 is 2.81 bits per heavy atom. The Morgan fingerprint density at radius 2 is 1.96 bits per heavy atom. The van der Waals surface area contributed by atoms with Gasteiger partial charge in [-0.25, -0.2) is 0 Å². The van der Waals surface area contributed by atoms with E-state index >= 15 is 0 Å². The predicted octanol–water partition coefficient (Wildman–Crippen LogP) is 2.45. The number of aliphatic hydroxyl groups excluding tert-OH is 1. The molecule has 0 radical (unpaired) electrons.